The number of nitrogens with one attached hydrogen (secondary N) is 1. The van der Waals surface area contributed by atoms with Crippen molar-refractivity contribution in [1.82, 2.24) is 0 Å². The molecule has 0 aromatic heterocycles. The van der Waals surface area contributed by atoms with Gasteiger partial charge >= 0.3 is 5.97 Å². The van der Waals surface area contributed by atoms with Gasteiger partial charge in [0.05, 0.1) is 10.6 Å². The molecule has 0 radical (unpaired) electrons. The zero-order valence-corrected chi connectivity index (χ0v) is 13.6. The number of carboxylic acid groups (broad SMARTS) is 1. The van der Waals surface area contributed by atoms with Gasteiger partial charge in [-0.05, 0) is 36.2 Å². The minimum Gasteiger partial charge on any atom is -0.478 e. The van der Waals surface area contributed by atoms with Gasteiger partial charge in [0.1, 0.15) is 10.7 Å². The number of anilines is 1. The summed E-state index contributed by atoms with van der Waals surface area (Å²) in [5.74, 6) is -2.68. The number of aromatic carboxylic acids is 1. The Kier molecular flexibility index (Phi) is 4.91. The standard InChI is InChI=1S/C15H13ClFNO4S/c1-2-9-3-5-10(6-4-9)18-23(21,22)14-7-11(15(19)20)13(17)8-12(14)16/h3-8,18H,2H2,1H3,(H,19,20). The molecule has 0 heterocycles. The van der Waals surface area contributed by atoms with E-state index in [4.69, 9.17) is 16.7 Å². The lowest BCUT2D eigenvalue weighted by atomic mass is 10.2. The van der Waals surface area contributed by atoms with Gasteiger partial charge in [0.15, 0.2) is 0 Å². The van der Waals surface area contributed by atoms with Gasteiger partial charge in [0.2, 0.25) is 0 Å². The quantitative estimate of drug-likeness (QED) is 0.857. The SMILES string of the molecule is CCc1ccc(NS(=O)(=O)c2cc(C(=O)O)c(F)cc2Cl)cc1. The van der Waals surface area contributed by atoms with Crippen LogP contribution in [-0.2, 0) is 16.4 Å². The number of aryl methyl sites for hydroxylation is 1. The summed E-state index contributed by atoms with van der Waals surface area (Å²) in [5.41, 5.74) is 0.552. The number of carbonyl (C=O) groups is 1. The van der Waals surface area contributed by atoms with Crippen LogP contribution in [0.4, 0.5) is 10.1 Å². The van der Waals surface area contributed by atoms with Gasteiger partial charge in [0, 0.05) is 5.69 Å². The smallest absolute Gasteiger partial charge is 0.338 e. The normalized spacial score (nSPS) is 11.3. The predicted molar refractivity (Wildman–Crippen MR) is 85.0 cm³/mol. The van der Waals surface area contributed by atoms with Gasteiger partial charge in [-0.2, -0.15) is 0 Å². The zero-order chi connectivity index (χ0) is 17.2. The molecule has 8 heteroatoms. The maximum atomic E-state index is 13.5. The molecule has 5 nitrogen and oxygen atoms in total. The topological polar surface area (TPSA) is 83.5 Å². The minimum absolute atomic E-state index is 0.291. The number of sulfonamides is 1. The number of hydrogen-bond donors (Lipinski definition) is 2. The molecule has 0 unspecified atom stereocenters. The third-order valence-corrected chi connectivity index (χ3v) is 5.00. The molecule has 23 heavy (non-hydrogen) atoms. The van der Waals surface area contributed by atoms with Crippen LogP contribution in [0.1, 0.15) is 22.8 Å². The molecule has 0 aliphatic heterocycles. The van der Waals surface area contributed by atoms with Gasteiger partial charge in [0.25, 0.3) is 10.0 Å². The van der Waals surface area contributed by atoms with Crippen LogP contribution < -0.4 is 4.72 Å². The fourth-order valence-electron chi connectivity index (χ4n) is 1.92. The summed E-state index contributed by atoms with van der Waals surface area (Å²) in [6, 6.07) is 8.03. The van der Waals surface area contributed by atoms with E-state index < -0.39 is 37.3 Å². The van der Waals surface area contributed by atoms with Crippen LogP contribution in [0.15, 0.2) is 41.3 Å². The largest absolute Gasteiger partial charge is 0.478 e. The van der Waals surface area contributed by atoms with E-state index in [9.17, 15) is 17.6 Å². The van der Waals surface area contributed by atoms with Crippen molar-refractivity contribution in [2.45, 2.75) is 18.2 Å². The lowest BCUT2D eigenvalue weighted by Gasteiger charge is -2.11. The first-order valence-corrected chi connectivity index (χ1v) is 8.45. The van der Waals surface area contributed by atoms with E-state index >= 15 is 0 Å². The maximum absolute atomic E-state index is 13.5. The Balaban J connectivity index is 2.42. The molecular weight excluding hydrogens is 345 g/mol. The molecule has 122 valence electrons. The van der Waals surface area contributed by atoms with E-state index in [1.807, 2.05) is 6.92 Å². The van der Waals surface area contributed by atoms with Crippen LogP contribution >= 0.6 is 11.6 Å². The van der Waals surface area contributed by atoms with Crippen LogP contribution in [0.3, 0.4) is 0 Å². The van der Waals surface area contributed by atoms with Crippen molar-refractivity contribution in [2.24, 2.45) is 0 Å². The van der Waals surface area contributed by atoms with E-state index in [0.29, 0.717) is 17.8 Å². The fourth-order valence-corrected chi connectivity index (χ4v) is 3.52. The number of hydrogen-bond acceptors (Lipinski definition) is 3. The first kappa shape index (κ1) is 17.2. The van der Waals surface area contributed by atoms with Gasteiger partial charge in [-0.15, -0.1) is 0 Å². The van der Waals surface area contributed by atoms with E-state index in [2.05, 4.69) is 4.72 Å². The molecule has 0 spiro atoms. The summed E-state index contributed by atoms with van der Waals surface area (Å²) < 4.78 is 40.5. The summed E-state index contributed by atoms with van der Waals surface area (Å²) in [6.45, 7) is 1.96. The molecule has 0 fully saturated rings. The maximum Gasteiger partial charge on any atom is 0.338 e. The third-order valence-electron chi connectivity index (χ3n) is 3.16. The van der Waals surface area contributed by atoms with Crippen molar-refractivity contribution in [1.29, 1.82) is 0 Å². The summed E-state index contributed by atoms with van der Waals surface area (Å²) in [7, 11) is -4.15. The van der Waals surface area contributed by atoms with E-state index in [1.54, 1.807) is 24.3 Å². The molecule has 2 rings (SSSR count). The molecule has 0 aliphatic carbocycles. The van der Waals surface area contributed by atoms with Crippen LogP contribution in [-0.4, -0.2) is 19.5 Å². The molecule has 2 aromatic carbocycles. The lowest BCUT2D eigenvalue weighted by molar-refractivity contribution is 0.0691. The Morgan fingerprint density at radius 3 is 2.39 bits per heavy atom. The highest BCUT2D eigenvalue weighted by Crippen LogP contribution is 2.27. The number of carboxylic acids is 1. The molecular formula is C15H13ClFNO4S. The second-order valence-corrected chi connectivity index (χ2v) is 6.78. The average Bonchev–Trinajstić information content (AvgIpc) is 2.46. The van der Waals surface area contributed by atoms with Crippen molar-refractivity contribution in [2.75, 3.05) is 4.72 Å². The lowest BCUT2D eigenvalue weighted by Crippen LogP contribution is -2.15. The van der Waals surface area contributed by atoms with Crippen molar-refractivity contribution in [3.8, 4) is 0 Å². The first-order valence-electron chi connectivity index (χ1n) is 6.58. The Morgan fingerprint density at radius 2 is 1.87 bits per heavy atom. The number of rotatable bonds is 5. The predicted octanol–water partition coefficient (Wildman–Crippen LogP) is 3.54. The van der Waals surface area contributed by atoms with Gasteiger partial charge in [-0.3, -0.25) is 4.72 Å². The molecule has 2 N–H and O–H groups in total. The summed E-state index contributed by atoms with van der Waals surface area (Å²) in [5, 5.41) is 8.50. The van der Waals surface area contributed by atoms with Gasteiger partial charge < -0.3 is 5.11 Å². The van der Waals surface area contributed by atoms with E-state index in [-0.39, 0.29) is 0 Å². The Hall–Kier alpha value is -2.12. The van der Waals surface area contributed by atoms with Crippen molar-refractivity contribution < 1.29 is 22.7 Å². The average molecular weight is 358 g/mol. The summed E-state index contributed by atoms with van der Waals surface area (Å²) in [6.07, 6.45) is 0.804. The second kappa shape index (κ2) is 6.55. The monoisotopic (exact) mass is 357 g/mol. The van der Waals surface area contributed by atoms with Crippen LogP contribution in [0, 0.1) is 5.82 Å². The number of halogens is 2. The Bertz CT molecular complexity index is 851. The fraction of sp³-hybridized carbons (Fsp3) is 0.133. The van der Waals surface area contributed by atoms with Crippen LogP contribution in [0.25, 0.3) is 0 Å². The van der Waals surface area contributed by atoms with E-state index in [0.717, 1.165) is 12.0 Å². The zero-order valence-electron chi connectivity index (χ0n) is 12.0. The Morgan fingerprint density at radius 1 is 1.26 bits per heavy atom. The highest BCUT2D eigenvalue weighted by atomic mass is 35.5. The summed E-state index contributed by atoms with van der Waals surface area (Å²) in [4.78, 5) is 10.4. The van der Waals surface area contributed by atoms with Gasteiger partial charge in [-0.1, -0.05) is 30.7 Å². The molecule has 0 bridgehead atoms. The first-order chi connectivity index (χ1) is 10.7. The van der Waals surface area contributed by atoms with Crippen molar-refractivity contribution >= 4 is 33.3 Å². The molecule has 0 atom stereocenters. The molecule has 0 amide bonds. The molecule has 0 saturated carbocycles. The summed E-state index contributed by atoms with van der Waals surface area (Å²) >= 11 is 5.75. The van der Waals surface area contributed by atoms with Gasteiger partial charge in [-0.25, -0.2) is 17.6 Å². The van der Waals surface area contributed by atoms with Crippen molar-refractivity contribution in [3.63, 3.8) is 0 Å². The number of benzene rings is 2. The highest BCUT2D eigenvalue weighted by molar-refractivity contribution is 7.92. The third kappa shape index (κ3) is 3.80. The van der Waals surface area contributed by atoms with Crippen LogP contribution in [0.5, 0.6) is 0 Å². The minimum atomic E-state index is -4.15. The molecule has 0 saturated heterocycles. The van der Waals surface area contributed by atoms with E-state index in [1.165, 1.54) is 0 Å². The second-order valence-electron chi connectivity index (χ2n) is 4.72. The molecule has 0 aliphatic rings. The van der Waals surface area contributed by atoms with Crippen molar-refractivity contribution in [3.05, 3.63) is 58.4 Å². The molecule has 2 aromatic rings. The highest BCUT2D eigenvalue weighted by Gasteiger charge is 2.23. The Labute approximate surface area is 137 Å². The van der Waals surface area contributed by atoms with Crippen LogP contribution in [0.2, 0.25) is 5.02 Å².